The standard InChI is InChI=1S/C15H27N5O/c1-15(2,3)20-7-6-16-13(14(20)21)17-10-12-11-18(4)8-9-19(12)5/h6-7,12H,8-11H2,1-5H3,(H,16,17). The van der Waals surface area contributed by atoms with E-state index in [0.717, 1.165) is 26.2 Å². The van der Waals surface area contributed by atoms with Crippen LogP contribution in [0.15, 0.2) is 17.2 Å². The molecule has 1 N–H and O–H groups in total. The summed E-state index contributed by atoms with van der Waals surface area (Å²) in [5, 5.41) is 3.23. The molecule has 118 valence electrons. The maximum Gasteiger partial charge on any atom is 0.293 e. The molecule has 2 heterocycles. The van der Waals surface area contributed by atoms with Crippen LogP contribution in [0.3, 0.4) is 0 Å². The Labute approximate surface area is 126 Å². The molecular weight excluding hydrogens is 266 g/mol. The molecule has 0 bridgehead atoms. The van der Waals surface area contributed by atoms with Crippen LogP contribution >= 0.6 is 0 Å². The lowest BCUT2D eigenvalue weighted by Gasteiger charge is -2.37. The quantitative estimate of drug-likeness (QED) is 0.887. The predicted molar refractivity (Wildman–Crippen MR) is 85.9 cm³/mol. The van der Waals surface area contributed by atoms with Crippen LogP contribution in [0, 0.1) is 0 Å². The van der Waals surface area contributed by atoms with Gasteiger partial charge in [0.05, 0.1) is 0 Å². The Balaban J connectivity index is 2.09. The Morgan fingerprint density at radius 2 is 2.05 bits per heavy atom. The molecule has 0 spiro atoms. The first-order valence-electron chi connectivity index (χ1n) is 7.50. The van der Waals surface area contributed by atoms with Gasteiger partial charge in [-0.25, -0.2) is 4.98 Å². The van der Waals surface area contributed by atoms with Gasteiger partial charge in [-0.3, -0.25) is 9.69 Å². The highest BCUT2D eigenvalue weighted by atomic mass is 16.1. The van der Waals surface area contributed by atoms with E-state index in [0.29, 0.717) is 11.9 Å². The van der Waals surface area contributed by atoms with Crippen molar-refractivity contribution in [3.63, 3.8) is 0 Å². The van der Waals surface area contributed by atoms with E-state index in [9.17, 15) is 4.79 Å². The predicted octanol–water partition coefficient (Wildman–Crippen LogP) is 0.656. The van der Waals surface area contributed by atoms with E-state index >= 15 is 0 Å². The fraction of sp³-hybridized carbons (Fsp3) is 0.733. The van der Waals surface area contributed by atoms with Crippen LogP contribution in [0.25, 0.3) is 0 Å². The average molecular weight is 293 g/mol. The number of aromatic nitrogens is 2. The summed E-state index contributed by atoms with van der Waals surface area (Å²) in [7, 11) is 4.26. The summed E-state index contributed by atoms with van der Waals surface area (Å²) >= 11 is 0. The molecule has 0 saturated carbocycles. The fourth-order valence-electron chi connectivity index (χ4n) is 2.60. The van der Waals surface area contributed by atoms with Crippen molar-refractivity contribution in [1.29, 1.82) is 0 Å². The van der Waals surface area contributed by atoms with Gasteiger partial charge < -0.3 is 14.8 Å². The average Bonchev–Trinajstić information content (AvgIpc) is 2.40. The van der Waals surface area contributed by atoms with Crippen molar-refractivity contribution in [2.75, 3.05) is 45.6 Å². The van der Waals surface area contributed by atoms with Crippen LogP contribution in [-0.4, -0.2) is 65.7 Å². The van der Waals surface area contributed by atoms with Crippen molar-refractivity contribution < 1.29 is 0 Å². The van der Waals surface area contributed by atoms with Crippen molar-refractivity contribution in [3.05, 3.63) is 22.7 Å². The first-order valence-corrected chi connectivity index (χ1v) is 7.50. The molecule has 21 heavy (non-hydrogen) atoms. The van der Waals surface area contributed by atoms with Crippen LogP contribution in [0.1, 0.15) is 20.8 Å². The zero-order valence-electron chi connectivity index (χ0n) is 13.8. The van der Waals surface area contributed by atoms with Gasteiger partial charge in [-0.15, -0.1) is 0 Å². The number of likely N-dealkylation sites (N-methyl/N-ethyl adjacent to an activating group) is 2. The monoisotopic (exact) mass is 293 g/mol. The van der Waals surface area contributed by atoms with E-state index in [2.05, 4.69) is 34.2 Å². The molecule has 1 aliphatic heterocycles. The topological polar surface area (TPSA) is 53.4 Å². The zero-order valence-corrected chi connectivity index (χ0v) is 13.8. The van der Waals surface area contributed by atoms with E-state index in [4.69, 9.17) is 0 Å². The Hall–Kier alpha value is -1.40. The van der Waals surface area contributed by atoms with Gasteiger partial charge in [0.1, 0.15) is 0 Å². The Morgan fingerprint density at radius 3 is 2.71 bits per heavy atom. The van der Waals surface area contributed by atoms with Crippen molar-refractivity contribution >= 4 is 5.82 Å². The second kappa shape index (κ2) is 6.15. The first-order chi connectivity index (χ1) is 9.79. The van der Waals surface area contributed by atoms with Gasteiger partial charge in [0.2, 0.25) is 0 Å². The number of hydrogen-bond donors (Lipinski definition) is 1. The van der Waals surface area contributed by atoms with Crippen LogP contribution in [0.4, 0.5) is 5.82 Å². The smallest absolute Gasteiger partial charge is 0.293 e. The minimum Gasteiger partial charge on any atom is -0.364 e. The van der Waals surface area contributed by atoms with Crippen molar-refractivity contribution in [2.24, 2.45) is 0 Å². The van der Waals surface area contributed by atoms with E-state index in [1.54, 1.807) is 17.0 Å². The number of nitrogens with one attached hydrogen (secondary N) is 1. The first kappa shape index (κ1) is 16.0. The molecule has 1 saturated heterocycles. The van der Waals surface area contributed by atoms with Gasteiger partial charge in [-0.2, -0.15) is 0 Å². The largest absolute Gasteiger partial charge is 0.364 e. The van der Waals surface area contributed by atoms with Gasteiger partial charge in [-0.1, -0.05) is 0 Å². The summed E-state index contributed by atoms with van der Waals surface area (Å²) in [5.74, 6) is 0.439. The maximum absolute atomic E-state index is 12.4. The van der Waals surface area contributed by atoms with Crippen LogP contribution < -0.4 is 10.9 Å². The van der Waals surface area contributed by atoms with E-state index < -0.39 is 0 Å². The van der Waals surface area contributed by atoms with E-state index in [1.165, 1.54) is 0 Å². The lowest BCUT2D eigenvalue weighted by atomic mass is 10.1. The summed E-state index contributed by atoms with van der Waals surface area (Å²) in [6.45, 7) is 9.93. The van der Waals surface area contributed by atoms with Gasteiger partial charge in [0, 0.05) is 50.2 Å². The summed E-state index contributed by atoms with van der Waals surface area (Å²) in [6, 6.07) is 0.397. The summed E-state index contributed by atoms with van der Waals surface area (Å²) in [4.78, 5) is 21.3. The third-order valence-corrected chi connectivity index (χ3v) is 4.05. The third-order valence-electron chi connectivity index (χ3n) is 4.05. The lowest BCUT2D eigenvalue weighted by Crippen LogP contribution is -2.53. The highest BCUT2D eigenvalue weighted by molar-refractivity contribution is 5.31. The zero-order chi connectivity index (χ0) is 15.6. The molecule has 1 aromatic rings. The molecule has 0 amide bonds. The van der Waals surface area contributed by atoms with Crippen molar-refractivity contribution in [2.45, 2.75) is 32.4 Å². The second-order valence-corrected chi connectivity index (χ2v) is 6.90. The Bertz CT molecular complexity index is 534. The van der Waals surface area contributed by atoms with Crippen LogP contribution in [0.5, 0.6) is 0 Å². The summed E-state index contributed by atoms with van der Waals surface area (Å²) in [6.07, 6.45) is 3.43. The number of rotatable bonds is 3. The number of nitrogens with zero attached hydrogens (tertiary/aromatic N) is 4. The Kier molecular flexibility index (Phi) is 4.68. The highest BCUT2D eigenvalue weighted by Crippen LogP contribution is 2.11. The SMILES string of the molecule is CN1CCN(C)C(CNc2nccn(C(C)(C)C)c2=O)C1. The highest BCUT2D eigenvalue weighted by Gasteiger charge is 2.23. The van der Waals surface area contributed by atoms with Crippen molar-refractivity contribution in [1.82, 2.24) is 19.4 Å². The molecule has 1 aromatic heterocycles. The second-order valence-electron chi connectivity index (χ2n) is 6.90. The van der Waals surface area contributed by atoms with Gasteiger partial charge in [0.25, 0.3) is 5.56 Å². The van der Waals surface area contributed by atoms with Crippen molar-refractivity contribution in [3.8, 4) is 0 Å². The number of anilines is 1. The lowest BCUT2D eigenvalue weighted by molar-refractivity contribution is 0.122. The molecule has 0 aliphatic carbocycles. The van der Waals surface area contributed by atoms with Crippen LogP contribution in [-0.2, 0) is 5.54 Å². The maximum atomic E-state index is 12.4. The number of hydrogen-bond acceptors (Lipinski definition) is 5. The summed E-state index contributed by atoms with van der Waals surface area (Å²) in [5.41, 5.74) is -0.296. The van der Waals surface area contributed by atoms with E-state index in [-0.39, 0.29) is 11.1 Å². The Morgan fingerprint density at radius 1 is 1.33 bits per heavy atom. The molecule has 6 nitrogen and oxygen atoms in total. The van der Waals surface area contributed by atoms with Crippen LogP contribution in [0.2, 0.25) is 0 Å². The molecule has 1 fully saturated rings. The van der Waals surface area contributed by atoms with E-state index in [1.807, 2.05) is 20.8 Å². The fourth-order valence-corrected chi connectivity index (χ4v) is 2.60. The molecule has 1 atom stereocenters. The minimum atomic E-state index is -0.238. The molecule has 0 radical (unpaired) electrons. The normalized spacial score (nSPS) is 21.5. The van der Waals surface area contributed by atoms with Gasteiger partial charge >= 0.3 is 0 Å². The van der Waals surface area contributed by atoms with Gasteiger partial charge in [0.15, 0.2) is 5.82 Å². The molecule has 6 heteroatoms. The third kappa shape index (κ3) is 3.83. The molecule has 2 rings (SSSR count). The molecule has 1 aliphatic rings. The van der Waals surface area contributed by atoms with Gasteiger partial charge in [-0.05, 0) is 34.9 Å². The minimum absolute atomic E-state index is 0.0585. The molecule has 1 unspecified atom stereocenters. The molecule has 0 aromatic carbocycles. The molecular formula is C15H27N5O. The number of piperazine rings is 1. The summed E-state index contributed by atoms with van der Waals surface area (Å²) < 4.78 is 1.72.